The van der Waals surface area contributed by atoms with Crippen molar-refractivity contribution in [2.75, 3.05) is 13.1 Å². The molecule has 1 aliphatic heterocycles. The van der Waals surface area contributed by atoms with Crippen molar-refractivity contribution in [3.63, 3.8) is 0 Å². The van der Waals surface area contributed by atoms with Gasteiger partial charge in [-0.05, 0) is 78.9 Å². The fourth-order valence-corrected chi connectivity index (χ4v) is 4.92. The van der Waals surface area contributed by atoms with Crippen LogP contribution in [0.2, 0.25) is 5.15 Å². The summed E-state index contributed by atoms with van der Waals surface area (Å²) in [7, 11) is 0. The number of rotatable bonds is 1. The molecule has 2 fully saturated rings. The monoisotopic (exact) mass is 392 g/mol. The quantitative estimate of drug-likeness (QED) is 0.570. The molecular weight excluding hydrogens is 375 g/mol. The van der Waals surface area contributed by atoms with E-state index in [4.69, 9.17) is 11.6 Å². The van der Waals surface area contributed by atoms with E-state index in [0.717, 1.165) is 35.9 Å². The number of aliphatic hydroxyl groups is 1. The summed E-state index contributed by atoms with van der Waals surface area (Å²) in [5.74, 6) is 0.175. The van der Waals surface area contributed by atoms with Gasteiger partial charge in [-0.25, -0.2) is 4.98 Å². The topological polar surface area (TPSA) is 45.1 Å². The molecule has 19 heavy (non-hydrogen) atoms. The summed E-state index contributed by atoms with van der Waals surface area (Å²) >= 11 is 8.35. The Morgan fingerprint density at radius 3 is 2.79 bits per heavy atom. The number of nitrogens with zero attached hydrogens (tertiary/aromatic N) is 1. The van der Waals surface area contributed by atoms with Crippen molar-refractivity contribution in [3.05, 3.63) is 26.5 Å². The Bertz CT molecular complexity index is 500. The van der Waals surface area contributed by atoms with Crippen molar-refractivity contribution in [1.29, 1.82) is 0 Å². The summed E-state index contributed by atoms with van der Waals surface area (Å²) in [4.78, 5) is 4.13. The molecule has 2 aliphatic rings. The van der Waals surface area contributed by atoms with Gasteiger partial charge in [-0.15, -0.1) is 0 Å². The number of nitrogens with one attached hydrogen (secondary N) is 1. The second-order valence-corrected chi connectivity index (χ2v) is 7.66. The van der Waals surface area contributed by atoms with E-state index in [1.165, 1.54) is 5.56 Å². The number of piperidine rings is 1. The summed E-state index contributed by atoms with van der Waals surface area (Å²) in [5, 5.41) is 14.6. The Balaban J connectivity index is 2.02. The smallest absolute Gasteiger partial charge is 0.129 e. The van der Waals surface area contributed by atoms with Crippen LogP contribution in [0, 0.1) is 8.99 Å². The van der Waals surface area contributed by atoms with E-state index in [9.17, 15) is 5.11 Å². The summed E-state index contributed by atoms with van der Waals surface area (Å²) in [6.45, 7) is 4.04. The summed E-state index contributed by atoms with van der Waals surface area (Å²) in [6.07, 6.45) is 4.96. The van der Waals surface area contributed by atoms with E-state index in [2.05, 4.69) is 32.9 Å². The van der Waals surface area contributed by atoms with E-state index < -0.39 is 5.60 Å². The molecule has 104 valence electrons. The van der Waals surface area contributed by atoms with Crippen LogP contribution in [-0.2, 0) is 0 Å². The summed E-state index contributed by atoms with van der Waals surface area (Å²) in [6, 6.07) is 1.94. The molecule has 2 unspecified atom stereocenters. The Kier molecular flexibility index (Phi) is 3.57. The Morgan fingerprint density at radius 1 is 1.47 bits per heavy atom. The second kappa shape index (κ2) is 4.83. The molecule has 2 N–H and O–H groups in total. The molecule has 0 aromatic carbocycles. The highest BCUT2D eigenvalue weighted by molar-refractivity contribution is 14.1. The van der Waals surface area contributed by atoms with Crippen molar-refractivity contribution < 1.29 is 5.11 Å². The maximum atomic E-state index is 10.7. The first-order valence-electron chi connectivity index (χ1n) is 6.69. The van der Waals surface area contributed by atoms with Crippen LogP contribution in [-0.4, -0.2) is 28.8 Å². The van der Waals surface area contributed by atoms with E-state index in [0.29, 0.717) is 5.15 Å². The normalized spacial score (nSPS) is 33.2. The van der Waals surface area contributed by atoms with Crippen LogP contribution >= 0.6 is 34.2 Å². The highest BCUT2D eigenvalue weighted by Gasteiger charge is 2.60. The first-order valence-corrected chi connectivity index (χ1v) is 8.14. The lowest BCUT2D eigenvalue weighted by Gasteiger charge is -2.61. The third kappa shape index (κ3) is 2.30. The van der Waals surface area contributed by atoms with Gasteiger partial charge in [-0.3, -0.25) is 0 Å². The predicted molar refractivity (Wildman–Crippen MR) is 84.5 cm³/mol. The van der Waals surface area contributed by atoms with Crippen molar-refractivity contribution in [3.8, 4) is 0 Å². The zero-order chi connectivity index (χ0) is 13.7. The first kappa shape index (κ1) is 14.0. The van der Waals surface area contributed by atoms with Crippen LogP contribution in [0.15, 0.2) is 12.3 Å². The zero-order valence-corrected chi connectivity index (χ0v) is 13.8. The molecule has 3 rings (SSSR count). The fourth-order valence-electron chi connectivity index (χ4n) is 4.15. The minimum atomic E-state index is -0.623. The molecule has 1 aromatic heterocycles. The highest BCUT2D eigenvalue weighted by atomic mass is 127. The maximum absolute atomic E-state index is 10.7. The minimum absolute atomic E-state index is 0.175. The molecule has 1 saturated carbocycles. The fraction of sp³-hybridized carbons (Fsp3) is 0.643. The molecule has 0 amide bonds. The molecule has 0 bridgehead atoms. The Morgan fingerprint density at radius 2 is 2.16 bits per heavy atom. The molecule has 5 heteroatoms. The van der Waals surface area contributed by atoms with Gasteiger partial charge in [0.05, 0.1) is 5.60 Å². The molecule has 2 atom stereocenters. The van der Waals surface area contributed by atoms with Crippen LogP contribution in [0.5, 0.6) is 0 Å². The number of hydrogen-bond acceptors (Lipinski definition) is 3. The lowest BCUT2D eigenvalue weighted by molar-refractivity contribution is -0.155. The Labute approximate surface area is 132 Å². The molecule has 2 heterocycles. The van der Waals surface area contributed by atoms with E-state index in [-0.39, 0.29) is 11.3 Å². The average Bonchev–Trinajstić information content (AvgIpc) is 2.33. The van der Waals surface area contributed by atoms with Gasteiger partial charge in [-0.2, -0.15) is 0 Å². The van der Waals surface area contributed by atoms with E-state index in [1.54, 1.807) is 6.20 Å². The van der Waals surface area contributed by atoms with Crippen LogP contribution in [0.4, 0.5) is 0 Å². The van der Waals surface area contributed by atoms with Gasteiger partial charge >= 0.3 is 0 Å². The number of hydrogen-bond donors (Lipinski definition) is 2. The lowest BCUT2D eigenvalue weighted by atomic mass is 9.47. The molecule has 1 aliphatic carbocycles. The van der Waals surface area contributed by atoms with Crippen LogP contribution in [0.3, 0.4) is 0 Å². The van der Waals surface area contributed by atoms with Crippen molar-refractivity contribution in [2.45, 2.75) is 37.7 Å². The molecule has 3 nitrogen and oxygen atoms in total. The third-order valence-corrected chi connectivity index (χ3v) is 5.81. The SMILES string of the molecule is CC1(O)CC2(CCNCC2)C1c1cc(Cl)ncc1I. The summed E-state index contributed by atoms with van der Waals surface area (Å²) in [5.41, 5.74) is 0.778. The predicted octanol–water partition coefficient (Wildman–Crippen LogP) is 2.95. The number of halogens is 2. The lowest BCUT2D eigenvalue weighted by Crippen LogP contribution is -2.61. The Hall–Kier alpha value is 0.0900. The molecule has 1 aromatic rings. The maximum Gasteiger partial charge on any atom is 0.129 e. The summed E-state index contributed by atoms with van der Waals surface area (Å²) < 4.78 is 1.10. The van der Waals surface area contributed by atoms with Gasteiger partial charge in [0.1, 0.15) is 5.15 Å². The second-order valence-electron chi connectivity index (χ2n) is 6.11. The largest absolute Gasteiger partial charge is 0.389 e. The standard InChI is InChI=1S/C14H18ClIN2O/c1-13(19)8-14(2-4-17-5-3-14)12(13)9-6-11(15)18-7-10(9)16/h6-7,12,17,19H,2-5,8H2,1H3. The molecule has 1 spiro atoms. The molecule has 1 saturated heterocycles. The van der Waals surface area contributed by atoms with Gasteiger partial charge in [0.15, 0.2) is 0 Å². The molecular formula is C14H18ClIN2O. The zero-order valence-electron chi connectivity index (χ0n) is 10.9. The number of aromatic nitrogens is 1. The average molecular weight is 393 g/mol. The van der Waals surface area contributed by atoms with Crippen LogP contribution < -0.4 is 5.32 Å². The van der Waals surface area contributed by atoms with Crippen LogP contribution in [0.1, 0.15) is 37.7 Å². The highest BCUT2D eigenvalue weighted by Crippen LogP contribution is 2.63. The van der Waals surface area contributed by atoms with E-state index in [1.807, 2.05) is 13.0 Å². The van der Waals surface area contributed by atoms with Crippen LogP contribution in [0.25, 0.3) is 0 Å². The van der Waals surface area contributed by atoms with Gasteiger partial charge in [0.25, 0.3) is 0 Å². The van der Waals surface area contributed by atoms with Gasteiger partial charge in [0, 0.05) is 15.7 Å². The van der Waals surface area contributed by atoms with Gasteiger partial charge in [0.2, 0.25) is 0 Å². The van der Waals surface area contributed by atoms with E-state index >= 15 is 0 Å². The van der Waals surface area contributed by atoms with Crippen molar-refractivity contribution >= 4 is 34.2 Å². The third-order valence-electron chi connectivity index (χ3n) is 4.71. The van der Waals surface area contributed by atoms with Gasteiger partial charge in [-0.1, -0.05) is 11.6 Å². The van der Waals surface area contributed by atoms with Gasteiger partial charge < -0.3 is 10.4 Å². The van der Waals surface area contributed by atoms with Crippen molar-refractivity contribution in [2.24, 2.45) is 5.41 Å². The van der Waals surface area contributed by atoms with Crippen molar-refractivity contribution in [1.82, 2.24) is 10.3 Å². The first-order chi connectivity index (χ1) is 8.95. The minimum Gasteiger partial charge on any atom is -0.389 e. The molecule has 0 radical (unpaired) electrons. The number of pyridine rings is 1.